The van der Waals surface area contributed by atoms with E-state index in [1.54, 1.807) is 25.1 Å². The number of halogens is 2. The maximum atomic E-state index is 12.1. The molecule has 0 N–H and O–H groups in total. The number of esters is 1. The Morgan fingerprint density at radius 1 is 1.17 bits per heavy atom. The van der Waals surface area contributed by atoms with E-state index in [0.29, 0.717) is 27.4 Å². The van der Waals surface area contributed by atoms with Crippen molar-refractivity contribution < 1.29 is 9.53 Å². The highest BCUT2D eigenvalue weighted by Gasteiger charge is 2.21. The predicted octanol–water partition coefficient (Wildman–Crippen LogP) is 5.96. The van der Waals surface area contributed by atoms with Gasteiger partial charge >= 0.3 is 5.97 Å². The van der Waals surface area contributed by atoms with Crippen LogP contribution in [0.15, 0.2) is 48.5 Å². The van der Waals surface area contributed by atoms with Crippen LogP contribution < -0.4 is 0 Å². The molecule has 0 saturated carbocycles. The van der Waals surface area contributed by atoms with E-state index in [1.165, 1.54) is 11.3 Å². The third-order valence-corrected chi connectivity index (χ3v) is 4.93. The van der Waals surface area contributed by atoms with Gasteiger partial charge in [-0.15, -0.1) is 11.3 Å². The highest BCUT2D eigenvalue weighted by atomic mass is 35.5. The SMILES string of the molecule is CCOC(=O)c1nc(-c2ccc(Cl)cc2Cl)c(-c2ccccc2)s1. The minimum Gasteiger partial charge on any atom is -0.461 e. The lowest BCUT2D eigenvalue weighted by Crippen LogP contribution is -2.03. The van der Waals surface area contributed by atoms with Crippen molar-refractivity contribution >= 4 is 40.5 Å². The molecule has 0 aliphatic rings. The number of carbonyl (C=O) groups excluding carboxylic acids is 1. The zero-order valence-corrected chi connectivity index (χ0v) is 15.1. The molecule has 2 aromatic carbocycles. The molecule has 0 aliphatic carbocycles. The van der Waals surface area contributed by atoms with Crippen LogP contribution >= 0.6 is 34.5 Å². The Morgan fingerprint density at radius 3 is 2.58 bits per heavy atom. The third-order valence-electron chi connectivity index (χ3n) is 3.30. The number of carbonyl (C=O) groups is 1. The van der Waals surface area contributed by atoms with Gasteiger partial charge in [0, 0.05) is 10.6 Å². The van der Waals surface area contributed by atoms with Crippen LogP contribution in [0.2, 0.25) is 10.0 Å². The first-order chi connectivity index (χ1) is 11.6. The third kappa shape index (κ3) is 3.46. The number of thiazole rings is 1. The van der Waals surface area contributed by atoms with E-state index < -0.39 is 5.97 Å². The number of hydrogen-bond acceptors (Lipinski definition) is 4. The van der Waals surface area contributed by atoms with E-state index in [9.17, 15) is 4.79 Å². The van der Waals surface area contributed by atoms with Crippen LogP contribution in [0.4, 0.5) is 0 Å². The molecule has 0 bridgehead atoms. The molecular weight excluding hydrogens is 365 g/mol. The van der Waals surface area contributed by atoms with Gasteiger partial charge in [-0.1, -0.05) is 53.5 Å². The number of benzene rings is 2. The second-order valence-electron chi connectivity index (χ2n) is 4.91. The van der Waals surface area contributed by atoms with Gasteiger partial charge in [-0.05, 0) is 30.7 Å². The van der Waals surface area contributed by atoms with Gasteiger partial charge in [0.05, 0.1) is 22.2 Å². The fraction of sp³-hybridized carbons (Fsp3) is 0.111. The topological polar surface area (TPSA) is 39.2 Å². The van der Waals surface area contributed by atoms with Crippen molar-refractivity contribution in [2.45, 2.75) is 6.92 Å². The van der Waals surface area contributed by atoms with E-state index in [4.69, 9.17) is 27.9 Å². The molecule has 3 aromatic rings. The summed E-state index contributed by atoms with van der Waals surface area (Å²) in [6.45, 7) is 2.07. The van der Waals surface area contributed by atoms with Crippen LogP contribution in [-0.4, -0.2) is 17.6 Å². The van der Waals surface area contributed by atoms with E-state index in [0.717, 1.165) is 16.0 Å². The van der Waals surface area contributed by atoms with Crippen molar-refractivity contribution in [3.8, 4) is 21.7 Å². The van der Waals surface area contributed by atoms with E-state index in [-0.39, 0.29) is 0 Å². The van der Waals surface area contributed by atoms with Crippen LogP contribution in [0, 0.1) is 0 Å². The predicted molar refractivity (Wildman–Crippen MR) is 99.0 cm³/mol. The molecule has 0 radical (unpaired) electrons. The Kier molecular flexibility index (Phi) is 5.19. The average molecular weight is 378 g/mol. The van der Waals surface area contributed by atoms with Gasteiger partial charge in [0.25, 0.3) is 0 Å². The van der Waals surface area contributed by atoms with Gasteiger partial charge < -0.3 is 4.74 Å². The summed E-state index contributed by atoms with van der Waals surface area (Å²) in [5.41, 5.74) is 2.34. The number of nitrogens with zero attached hydrogens (tertiary/aromatic N) is 1. The molecule has 3 nitrogen and oxygen atoms in total. The van der Waals surface area contributed by atoms with Gasteiger partial charge in [-0.2, -0.15) is 0 Å². The first kappa shape index (κ1) is 17.0. The van der Waals surface area contributed by atoms with Crippen LogP contribution in [0.5, 0.6) is 0 Å². The standard InChI is InChI=1S/C18H13Cl2NO2S/c1-2-23-18(22)17-21-15(13-9-8-12(19)10-14(13)20)16(24-17)11-6-4-3-5-7-11/h3-10H,2H2,1H3. The minimum atomic E-state index is -0.434. The summed E-state index contributed by atoms with van der Waals surface area (Å²) < 4.78 is 5.07. The fourth-order valence-corrected chi connectivity index (χ4v) is 3.73. The first-order valence-corrected chi connectivity index (χ1v) is 8.86. The van der Waals surface area contributed by atoms with Crippen molar-refractivity contribution in [3.63, 3.8) is 0 Å². The van der Waals surface area contributed by atoms with Gasteiger partial charge in [-0.25, -0.2) is 9.78 Å². The zero-order valence-electron chi connectivity index (χ0n) is 12.8. The largest absolute Gasteiger partial charge is 0.461 e. The smallest absolute Gasteiger partial charge is 0.367 e. The lowest BCUT2D eigenvalue weighted by atomic mass is 10.1. The van der Waals surface area contributed by atoms with E-state index >= 15 is 0 Å². The fourth-order valence-electron chi connectivity index (χ4n) is 2.25. The Balaban J connectivity index is 2.17. The van der Waals surface area contributed by atoms with Gasteiger partial charge in [0.15, 0.2) is 0 Å². The van der Waals surface area contributed by atoms with E-state index in [2.05, 4.69) is 4.98 Å². The van der Waals surface area contributed by atoms with Crippen molar-refractivity contribution in [3.05, 3.63) is 63.6 Å². The highest BCUT2D eigenvalue weighted by molar-refractivity contribution is 7.17. The number of hydrogen-bond donors (Lipinski definition) is 0. The number of aromatic nitrogens is 1. The Bertz CT molecular complexity index is 878. The molecule has 0 atom stereocenters. The van der Waals surface area contributed by atoms with Crippen molar-refractivity contribution in [1.82, 2.24) is 4.98 Å². The molecule has 1 aromatic heterocycles. The molecule has 122 valence electrons. The van der Waals surface area contributed by atoms with Crippen molar-refractivity contribution in [1.29, 1.82) is 0 Å². The maximum absolute atomic E-state index is 12.1. The van der Waals surface area contributed by atoms with Crippen molar-refractivity contribution in [2.75, 3.05) is 6.61 Å². The van der Waals surface area contributed by atoms with E-state index in [1.807, 2.05) is 30.3 Å². The normalized spacial score (nSPS) is 10.6. The molecule has 0 amide bonds. The average Bonchev–Trinajstić information content (AvgIpc) is 3.01. The van der Waals surface area contributed by atoms with Gasteiger partial charge in [0.1, 0.15) is 0 Å². The summed E-state index contributed by atoms with van der Waals surface area (Å²) in [6, 6.07) is 15.0. The summed E-state index contributed by atoms with van der Waals surface area (Å²) >= 11 is 13.6. The van der Waals surface area contributed by atoms with Crippen molar-refractivity contribution in [2.24, 2.45) is 0 Å². The molecule has 0 fully saturated rings. The van der Waals surface area contributed by atoms with Crippen LogP contribution in [0.3, 0.4) is 0 Å². The lowest BCUT2D eigenvalue weighted by Gasteiger charge is -2.05. The number of ether oxygens (including phenoxy) is 1. The second-order valence-corrected chi connectivity index (χ2v) is 6.75. The van der Waals surface area contributed by atoms with Gasteiger partial charge in [0.2, 0.25) is 5.01 Å². The zero-order chi connectivity index (χ0) is 17.1. The van der Waals surface area contributed by atoms with Crippen LogP contribution in [0.25, 0.3) is 21.7 Å². The first-order valence-electron chi connectivity index (χ1n) is 7.29. The Morgan fingerprint density at radius 2 is 1.92 bits per heavy atom. The molecule has 3 rings (SSSR count). The summed E-state index contributed by atoms with van der Waals surface area (Å²) in [5.74, 6) is -0.434. The summed E-state index contributed by atoms with van der Waals surface area (Å²) in [5, 5.41) is 1.34. The van der Waals surface area contributed by atoms with Gasteiger partial charge in [-0.3, -0.25) is 0 Å². The summed E-state index contributed by atoms with van der Waals surface area (Å²) in [4.78, 5) is 17.4. The molecular formula is C18H13Cl2NO2S. The quantitative estimate of drug-likeness (QED) is 0.526. The highest BCUT2D eigenvalue weighted by Crippen LogP contribution is 2.40. The molecule has 0 spiro atoms. The maximum Gasteiger partial charge on any atom is 0.367 e. The summed E-state index contributed by atoms with van der Waals surface area (Å²) in [7, 11) is 0. The number of rotatable bonds is 4. The molecule has 1 heterocycles. The minimum absolute atomic E-state index is 0.302. The van der Waals surface area contributed by atoms with Crippen LogP contribution in [-0.2, 0) is 4.74 Å². The second kappa shape index (κ2) is 7.34. The Hall–Kier alpha value is -1.88. The van der Waals surface area contributed by atoms with Crippen LogP contribution in [0.1, 0.15) is 16.7 Å². The molecule has 0 saturated heterocycles. The molecule has 0 aliphatic heterocycles. The molecule has 0 unspecified atom stereocenters. The lowest BCUT2D eigenvalue weighted by molar-refractivity contribution is 0.0526. The Labute approximate surface area is 153 Å². The molecule has 6 heteroatoms. The monoisotopic (exact) mass is 377 g/mol. The summed E-state index contributed by atoms with van der Waals surface area (Å²) in [6.07, 6.45) is 0. The molecule has 24 heavy (non-hydrogen) atoms.